The Morgan fingerprint density at radius 2 is 1.96 bits per heavy atom. The van der Waals surface area contributed by atoms with Crippen molar-refractivity contribution in [2.45, 2.75) is 31.7 Å². The van der Waals surface area contributed by atoms with Gasteiger partial charge in [-0.25, -0.2) is 0 Å². The summed E-state index contributed by atoms with van der Waals surface area (Å²) < 4.78 is 0. The van der Waals surface area contributed by atoms with E-state index in [-0.39, 0.29) is 12.0 Å². The number of aromatic nitrogens is 1. The molecule has 2 heterocycles. The number of rotatable bonds is 2. The van der Waals surface area contributed by atoms with Crippen LogP contribution in [0.5, 0.6) is 0 Å². The van der Waals surface area contributed by atoms with Crippen molar-refractivity contribution in [3.63, 3.8) is 0 Å². The number of nitrogens with one attached hydrogen (secondary N) is 1. The van der Waals surface area contributed by atoms with Crippen LogP contribution in [-0.2, 0) is 11.2 Å². The van der Waals surface area contributed by atoms with Crippen LogP contribution in [0.4, 0.5) is 0 Å². The van der Waals surface area contributed by atoms with Crippen molar-refractivity contribution < 1.29 is 4.79 Å². The van der Waals surface area contributed by atoms with Gasteiger partial charge in [-0.15, -0.1) is 0 Å². The first-order chi connectivity index (χ1) is 12.7. The van der Waals surface area contributed by atoms with Crippen LogP contribution in [0.2, 0.25) is 5.02 Å². The molecule has 1 saturated carbocycles. The summed E-state index contributed by atoms with van der Waals surface area (Å²) in [5, 5.41) is 1.98. The van der Waals surface area contributed by atoms with Gasteiger partial charge >= 0.3 is 0 Å². The van der Waals surface area contributed by atoms with E-state index in [2.05, 4.69) is 40.2 Å². The maximum absolute atomic E-state index is 13.2. The summed E-state index contributed by atoms with van der Waals surface area (Å²) in [6, 6.07) is 16.3. The van der Waals surface area contributed by atoms with Crippen molar-refractivity contribution in [1.82, 2.24) is 9.88 Å². The third kappa shape index (κ3) is 2.45. The fraction of sp³-hybridized carbons (Fsp3) is 0.318. The molecule has 0 saturated heterocycles. The highest BCUT2D eigenvalue weighted by molar-refractivity contribution is 6.30. The smallest absolute Gasteiger partial charge is 0.226 e. The molecule has 1 atom stereocenters. The standard InChI is InChI=1S/C22H21ClN2O/c23-16-8-4-7-15(13-16)21-20-18(17-9-1-2-10-19(17)24-20)11-12-25(21)22(26)14-5-3-6-14/h1-2,4,7-10,13-14,21,24H,3,5-6,11-12H2. The fourth-order valence-electron chi connectivity index (χ4n) is 4.39. The summed E-state index contributed by atoms with van der Waals surface area (Å²) in [7, 11) is 0. The van der Waals surface area contributed by atoms with E-state index in [9.17, 15) is 4.79 Å². The molecule has 3 aromatic rings. The van der Waals surface area contributed by atoms with E-state index in [1.165, 1.54) is 17.4 Å². The van der Waals surface area contributed by atoms with Crippen molar-refractivity contribution in [3.8, 4) is 0 Å². The van der Waals surface area contributed by atoms with Crippen LogP contribution in [0.3, 0.4) is 0 Å². The average Bonchev–Trinajstić information content (AvgIpc) is 2.98. The van der Waals surface area contributed by atoms with Crippen LogP contribution in [0, 0.1) is 5.92 Å². The third-order valence-corrected chi connectivity index (χ3v) is 6.17. The molecule has 1 fully saturated rings. The van der Waals surface area contributed by atoms with Crippen molar-refractivity contribution in [1.29, 1.82) is 0 Å². The molecule has 0 bridgehead atoms. The molecule has 5 rings (SSSR count). The van der Waals surface area contributed by atoms with E-state index < -0.39 is 0 Å². The first-order valence-electron chi connectivity index (χ1n) is 9.38. The topological polar surface area (TPSA) is 36.1 Å². The van der Waals surface area contributed by atoms with Crippen LogP contribution in [0.1, 0.15) is 42.1 Å². The number of carbonyl (C=O) groups is 1. The van der Waals surface area contributed by atoms with Crippen molar-refractivity contribution in [2.75, 3.05) is 6.54 Å². The predicted octanol–water partition coefficient (Wildman–Crippen LogP) is 5.10. The van der Waals surface area contributed by atoms with Crippen molar-refractivity contribution in [2.24, 2.45) is 5.92 Å². The van der Waals surface area contributed by atoms with E-state index in [1.807, 2.05) is 18.2 Å². The van der Waals surface area contributed by atoms with Gasteiger partial charge in [-0.3, -0.25) is 4.79 Å². The van der Waals surface area contributed by atoms with Gasteiger partial charge in [0.25, 0.3) is 0 Å². The van der Waals surface area contributed by atoms with Gasteiger partial charge in [-0.2, -0.15) is 0 Å². The number of hydrogen-bond acceptors (Lipinski definition) is 1. The molecule has 4 heteroatoms. The highest BCUT2D eigenvalue weighted by atomic mass is 35.5. The number of H-pyrrole nitrogens is 1. The maximum Gasteiger partial charge on any atom is 0.226 e. The Kier molecular flexibility index (Phi) is 3.79. The molecule has 1 amide bonds. The lowest BCUT2D eigenvalue weighted by Crippen LogP contribution is -2.45. The van der Waals surface area contributed by atoms with E-state index in [0.29, 0.717) is 10.9 Å². The minimum absolute atomic E-state index is 0.0852. The largest absolute Gasteiger partial charge is 0.356 e. The Bertz CT molecular complexity index is 989. The number of aromatic amines is 1. The monoisotopic (exact) mass is 364 g/mol. The molecule has 1 unspecified atom stereocenters. The van der Waals surface area contributed by atoms with Crippen molar-refractivity contribution >= 4 is 28.4 Å². The van der Waals surface area contributed by atoms with Crippen LogP contribution in [0.25, 0.3) is 10.9 Å². The van der Waals surface area contributed by atoms with E-state index in [4.69, 9.17) is 11.6 Å². The first kappa shape index (κ1) is 16.0. The number of hydrogen-bond donors (Lipinski definition) is 1. The Morgan fingerprint density at radius 1 is 1.12 bits per heavy atom. The molecule has 2 aliphatic rings. The van der Waals surface area contributed by atoms with Crippen molar-refractivity contribution in [3.05, 3.63) is 70.4 Å². The van der Waals surface area contributed by atoms with E-state index >= 15 is 0 Å². The second-order valence-corrected chi connectivity index (χ2v) is 7.87. The highest BCUT2D eigenvalue weighted by Gasteiger charge is 2.38. The van der Waals surface area contributed by atoms with Gasteiger partial charge < -0.3 is 9.88 Å². The Balaban J connectivity index is 1.66. The van der Waals surface area contributed by atoms with Gasteiger partial charge in [-0.1, -0.05) is 48.4 Å². The minimum Gasteiger partial charge on any atom is -0.356 e. The Labute approximate surface area is 158 Å². The molecule has 1 N–H and O–H groups in total. The fourth-order valence-corrected chi connectivity index (χ4v) is 4.59. The number of fused-ring (bicyclic) bond motifs is 3. The van der Waals surface area contributed by atoms with Gasteiger partial charge in [0.1, 0.15) is 0 Å². The van der Waals surface area contributed by atoms with E-state index in [0.717, 1.165) is 42.6 Å². The van der Waals surface area contributed by atoms with Gasteiger partial charge in [0.2, 0.25) is 5.91 Å². The van der Waals surface area contributed by atoms with Crippen LogP contribution < -0.4 is 0 Å². The SMILES string of the molecule is O=C(C1CCC1)N1CCc2c([nH]c3ccccc23)C1c1cccc(Cl)c1. The van der Waals surface area contributed by atoms with Gasteiger partial charge in [0, 0.05) is 34.1 Å². The second kappa shape index (κ2) is 6.17. The Morgan fingerprint density at radius 3 is 2.73 bits per heavy atom. The predicted molar refractivity (Wildman–Crippen MR) is 104 cm³/mol. The lowest BCUT2D eigenvalue weighted by molar-refractivity contribution is -0.140. The first-order valence-corrected chi connectivity index (χ1v) is 9.75. The zero-order valence-corrected chi connectivity index (χ0v) is 15.3. The van der Waals surface area contributed by atoms with Crippen LogP contribution >= 0.6 is 11.6 Å². The molecule has 0 radical (unpaired) electrons. The number of halogens is 1. The molecule has 26 heavy (non-hydrogen) atoms. The number of para-hydroxylation sites is 1. The zero-order valence-electron chi connectivity index (χ0n) is 14.5. The molecule has 0 spiro atoms. The summed E-state index contributed by atoms with van der Waals surface area (Å²) in [5.74, 6) is 0.494. The molecule has 1 aromatic heterocycles. The number of nitrogens with zero attached hydrogens (tertiary/aromatic N) is 1. The highest BCUT2D eigenvalue weighted by Crippen LogP contribution is 2.41. The average molecular weight is 365 g/mol. The zero-order chi connectivity index (χ0) is 17.7. The summed E-state index contributed by atoms with van der Waals surface area (Å²) in [6.45, 7) is 0.765. The molecule has 2 aromatic carbocycles. The summed E-state index contributed by atoms with van der Waals surface area (Å²) in [4.78, 5) is 18.8. The molecule has 1 aliphatic carbocycles. The second-order valence-electron chi connectivity index (χ2n) is 7.43. The number of amides is 1. The van der Waals surface area contributed by atoms with Crippen LogP contribution in [0.15, 0.2) is 48.5 Å². The van der Waals surface area contributed by atoms with Gasteiger partial charge in [-0.05, 0) is 48.6 Å². The minimum atomic E-state index is -0.0852. The maximum atomic E-state index is 13.2. The molecular formula is C22H21ClN2O. The summed E-state index contributed by atoms with van der Waals surface area (Å²) in [5.41, 5.74) is 4.70. The molecular weight excluding hydrogens is 344 g/mol. The van der Waals surface area contributed by atoms with Gasteiger partial charge in [0.05, 0.1) is 6.04 Å². The lowest BCUT2D eigenvalue weighted by atomic mass is 9.82. The molecule has 1 aliphatic heterocycles. The molecule has 3 nitrogen and oxygen atoms in total. The normalized spacial score (nSPS) is 20.0. The number of carbonyl (C=O) groups excluding carboxylic acids is 1. The lowest BCUT2D eigenvalue weighted by Gasteiger charge is -2.40. The molecule has 132 valence electrons. The van der Waals surface area contributed by atoms with Gasteiger partial charge in [0.15, 0.2) is 0 Å². The quantitative estimate of drug-likeness (QED) is 0.675. The number of benzene rings is 2. The Hall–Kier alpha value is -2.26. The van der Waals surface area contributed by atoms with E-state index in [1.54, 1.807) is 0 Å². The van der Waals surface area contributed by atoms with Crippen LogP contribution in [-0.4, -0.2) is 22.3 Å². The summed E-state index contributed by atoms with van der Waals surface area (Å²) in [6.07, 6.45) is 4.12. The third-order valence-electron chi connectivity index (χ3n) is 5.94. The summed E-state index contributed by atoms with van der Waals surface area (Å²) >= 11 is 6.28.